The van der Waals surface area contributed by atoms with Crippen LogP contribution in [0.4, 0.5) is 4.39 Å². The molecule has 2 unspecified atom stereocenters. The van der Waals surface area contributed by atoms with E-state index in [2.05, 4.69) is 4.72 Å². The minimum atomic E-state index is -3.69. The van der Waals surface area contributed by atoms with Gasteiger partial charge in [-0.3, -0.25) is 0 Å². The van der Waals surface area contributed by atoms with E-state index >= 15 is 0 Å². The number of benzene rings is 1. The van der Waals surface area contributed by atoms with Crippen LogP contribution in [0.3, 0.4) is 0 Å². The third-order valence-electron chi connectivity index (χ3n) is 4.20. The van der Waals surface area contributed by atoms with E-state index in [1.54, 1.807) is 0 Å². The molecule has 0 radical (unpaired) electrons. The van der Waals surface area contributed by atoms with E-state index in [0.717, 1.165) is 25.7 Å². The Morgan fingerprint density at radius 1 is 1.33 bits per heavy atom. The lowest BCUT2D eigenvalue weighted by Gasteiger charge is -2.29. The van der Waals surface area contributed by atoms with E-state index < -0.39 is 22.4 Å². The number of aryl methyl sites for hydroxylation is 1. The molecule has 2 rings (SSSR count). The molecule has 0 heterocycles. The highest BCUT2D eigenvalue weighted by molar-refractivity contribution is 7.89. The zero-order valence-electron chi connectivity index (χ0n) is 12.4. The predicted octanol–water partition coefficient (Wildman–Crippen LogP) is 2.48. The maximum atomic E-state index is 13.7. The fourth-order valence-electron chi connectivity index (χ4n) is 2.84. The van der Waals surface area contributed by atoms with Crippen LogP contribution in [-0.4, -0.2) is 19.6 Å². The van der Waals surface area contributed by atoms with Gasteiger partial charge in [0.25, 0.3) is 0 Å². The van der Waals surface area contributed by atoms with Crippen molar-refractivity contribution in [2.75, 3.05) is 0 Å². The standard InChI is InChI=1S/C15H22FNO3S/c1-10-5-3-4-6-14(10)17-21(19,20)13-7-11(2)15(16)12(8-13)9-18/h7-8,10,14,17-18H,3-6,9H2,1-2H3. The lowest BCUT2D eigenvalue weighted by molar-refractivity contribution is 0.275. The summed E-state index contributed by atoms with van der Waals surface area (Å²) < 4.78 is 41.4. The van der Waals surface area contributed by atoms with Gasteiger partial charge >= 0.3 is 0 Å². The lowest BCUT2D eigenvalue weighted by atomic mass is 9.87. The van der Waals surface area contributed by atoms with Crippen molar-refractivity contribution in [3.05, 3.63) is 29.1 Å². The Balaban J connectivity index is 2.29. The first-order valence-corrected chi connectivity index (χ1v) is 8.75. The molecule has 0 bridgehead atoms. The van der Waals surface area contributed by atoms with Gasteiger partial charge in [-0.1, -0.05) is 19.8 Å². The van der Waals surface area contributed by atoms with Crippen LogP contribution >= 0.6 is 0 Å². The molecule has 0 aromatic heterocycles. The van der Waals surface area contributed by atoms with Crippen molar-refractivity contribution in [2.45, 2.75) is 57.1 Å². The highest BCUT2D eigenvalue weighted by atomic mass is 32.2. The van der Waals surface area contributed by atoms with Gasteiger partial charge in [0.1, 0.15) is 5.82 Å². The molecule has 4 nitrogen and oxygen atoms in total. The Bertz CT molecular complexity index is 616. The zero-order chi connectivity index (χ0) is 15.6. The number of hydrogen-bond acceptors (Lipinski definition) is 3. The van der Waals surface area contributed by atoms with Crippen molar-refractivity contribution >= 4 is 10.0 Å². The zero-order valence-corrected chi connectivity index (χ0v) is 13.2. The van der Waals surface area contributed by atoms with E-state index in [1.807, 2.05) is 6.92 Å². The van der Waals surface area contributed by atoms with E-state index in [1.165, 1.54) is 19.1 Å². The van der Waals surface area contributed by atoms with Gasteiger partial charge in [0.05, 0.1) is 11.5 Å². The first-order valence-electron chi connectivity index (χ1n) is 7.27. The Kier molecular flexibility index (Phi) is 5.01. The summed E-state index contributed by atoms with van der Waals surface area (Å²) in [7, 11) is -3.69. The number of aliphatic hydroxyl groups is 1. The molecule has 2 N–H and O–H groups in total. The summed E-state index contributed by atoms with van der Waals surface area (Å²) >= 11 is 0. The van der Waals surface area contributed by atoms with E-state index in [4.69, 9.17) is 5.11 Å². The molecule has 2 atom stereocenters. The Hall–Kier alpha value is -0.980. The van der Waals surface area contributed by atoms with Crippen LogP contribution in [-0.2, 0) is 16.6 Å². The summed E-state index contributed by atoms with van der Waals surface area (Å²) in [5.74, 6) is -0.255. The highest BCUT2D eigenvalue weighted by Crippen LogP contribution is 2.26. The topological polar surface area (TPSA) is 66.4 Å². The monoisotopic (exact) mass is 315 g/mol. The van der Waals surface area contributed by atoms with Gasteiger partial charge in [0.2, 0.25) is 10.0 Å². The van der Waals surface area contributed by atoms with Crippen molar-refractivity contribution in [1.29, 1.82) is 0 Å². The third-order valence-corrected chi connectivity index (χ3v) is 5.67. The number of hydrogen-bond donors (Lipinski definition) is 2. The molecule has 6 heteroatoms. The molecule has 0 spiro atoms. The SMILES string of the molecule is Cc1cc(S(=O)(=O)NC2CCCCC2C)cc(CO)c1F. The number of sulfonamides is 1. The van der Waals surface area contributed by atoms with Crippen molar-refractivity contribution in [1.82, 2.24) is 4.72 Å². The molecule has 1 aromatic rings. The molecule has 0 amide bonds. The van der Waals surface area contributed by atoms with Crippen LogP contribution in [0.15, 0.2) is 17.0 Å². The van der Waals surface area contributed by atoms with E-state index in [-0.39, 0.29) is 22.1 Å². The second kappa shape index (κ2) is 6.42. The molecule has 0 saturated heterocycles. The maximum absolute atomic E-state index is 13.7. The van der Waals surface area contributed by atoms with E-state index in [9.17, 15) is 12.8 Å². The number of aliphatic hydroxyl groups excluding tert-OH is 1. The van der Waals surface area contributed by atoms with Crippen molar-refractivity contribution in [3.8, 4) is 0 Å². The number of halogens is 1. The molecule has 1 aromatic carbocycles. The Labute approximate surface area is 125 Å². The minimum absolute atomic E-state index is 0.00654. The first-order chi connectivity index (χ1) is 9.85. The molecular formula is C15H22FNO3S. The largest absolute Gasteiger partial charge is 0.392 e. The average molecular weight is 315 g/mol. The van der Waals surface area contributed by atoms with Gasteiger partial charge in [-0.05, 0) is 43.4 Å². The van der Waals surface area contributed by atoms with Crippen molar-refractivity contribution in [2.24, 2.45) is 5.92 Å². The van der Waals surface area contributed by atoms with Gasteiger partial charge < -0.3 is 5.11 Å². The summed E-state index contributed by atoms with van der Waals surface area (Å²) in [5, 5.41) is 9.14. The quantitative estimate of drug-likeness (QED) is 0.897. The second-order valence-electron chi connectivity index (χ2n) is 5.86. The summed E-state index contributed by atoms with van der Waals surface area (Å²) in [6.45, 7) is 3.02. The van der Waals surface area contributed by atoms with Crippen LogP contribution in [0.2, 0.25) is 0 Å². The van der Waals surface area contributed by atoms with Gasteiger partial charge in [-0.15, -0.1) is 0 Å². The third kappa shape index (κ3) is 3.62. The maximum Gasteiger partial charge on any atom is 0.240 e. The van der Waals surface area contributed by atoms with Crippen molar-refractivity contribution < 1.29 is 17.9 Å². The fraction of sp³-hybridized carbons (Fsp3) is 0.600. The summed E-state index contributed by atoms with van der Waals surface area (Å²) in [4.78, 5) is 0.0169. The van der Waals surface area contributed by atoms with Crippen LogP contribution in [0.1, 0.15) is 43.7 Å². The average Bonchev–Trinajstić information content (AvgIpc) is 2.44. The molecule has 21 heavy (non-hydrogen) atoms. The lowest BCUT2D eigenvalue weighted by Crippen LogP contribution is -2.41. The summed E-state index contributed by atoms with van der Waals surface area (Å²) in [5.41, 5.74) is 0.227. The fourth-order valence-corrected chi connectivity index (χ4v) is 4.35. The normalized spacial score (nSPS) is 23.2. The predicted molar refractivity (Wildman–Crippen MR) is 78.8 cm³/mol. The van der Waals surface area contributed by atoms with Crippen molar-refractivity contribution in [3.63, 3.8) is 0 Å². The molecule has 1 aliphatic carbocycles. The minimum Gasteiger partial charge on any atom is -0.392 e. The van der Waals surface area contributed by atoms with Crippen LogP contribution in [0.5, 0.6) is 0 Å². The molecule has 1 saturated carbocycles. The second-order valence-corrected chi connectivity index (χ2v) is 7.57. The Morgan fingerprint density at radius 3 is 2.62 bits per heavy atom. The van der Waals surface area contributed by atoms with Crippen LogP contribution in [0.25, 0.3) is 0 Å². The van der Waals surface area contributed by atoms with E-state index in [0.29, 0.717) is 5.92 Å². The number of nitrogens with one attached hydrogen (secondary N) is 1. The van der Waals surface area contributed by atoms with Crippen LogP contribution in [0, 0.1) is 18.7 Å². The first kappa shape index (κ1) is 16.4. The van der Waals surface area contributed by atoms with Crippen LogP contribution < -0.4 is 4.72 Å². The van der Waals surface area contributed by atoms with Gasteiger partial charge in [-0.2, -0.15) is 0 Å². The Morgan fingerprint density at radius 2 is 2.00 bits per heavy atom. The molecule has 1 fully saturated rings. The summed E-state index contributed by atoms with van der Waals surface area (Å²) in [6.07, 6.45) is 3.98. The highest BCUT2D eigenvalue weighted by Gasteiger charge is 2.27. The molecule has 0 aliphatic heterocycles. The summed E-state index contributed by atoms with van der Waals surface area (Å²) in [6, 6.07) is 2.44. The van der Waals surface area contributed by atoms with Gasteiger partial charge in [0.15, 0.2) is 0 Å². The number of rotatable bonds is 4. The van der Waals surface area contributed by atoms with Gasteiger partial charge in [0, 0.05) is 11.6 Å². The molecule has 1 aliphatic rings. The molecular weight excluding hydrogens is 293 g/mol. The van der Waals surface area contributed by atoms with Gasteiger partial charge in [-0.25, -0.2) is 17.5 Å². The smallest absolute Gasteiger partial charge is 0.240 e. The molecule has 118 valence electrons.